The van der Waals surface area contributed by atoms with E-state index in [1.54, 1.807) is 0 Å². The Labute approximate surface area is 309 Å². The van der Waals surface area contributed by atoms with Gasteiger partial charge in [0.05, 0.1) is 11.4 Å². The highest BCUT2D eigenvalue weighted by Gasteiger charge is 2.43. The molecule has 0 spiro atoms. The average Bonchev–Trinajstić information content (AvgIpc) is 3.75. The predicted octanol–water partition coefficient (Wildman–Crippen LogP) is 14.3. The van der Waals surface area contributed by atoms with Gasteiger partial charge in [-0.25, -0.2) is 0 Å². The fraction of sp³-hybridized carbons (Fsp3) is 0.137. The van der Waals surface area contributed by atoms with Crippen LogP contribution in [-0.2, 0) is 10.8 Å². The molecule has 0 aliphatic heterocycles. The number of fused-ring (bicyclic) bond motifs is 13. The van der Waals surface area contributed by atoms with Crippen LogP contribution in [0.4, 0.5) is 17.1 Å². The Morgan fingerprint density at radius 2 is 1.02 bits per heavy atom. The van der Waals surface area contributed by atoms with Gasteiger partial charge in [0.25, 0.3) is 0 Å². The largest absolute Gasteiger partial charge is 0.454 e. The van der Waals surface area contributed by atoms with Gasteiger partial charge >= 0.3 is 0 Å². The lowest BCUT2D eigenvalue weighted by Gasteiger charge is -2.30. The van der Waals surface area contributed by atoms with Crippen molar-refractivity contribution in [3.05, 3.63) is 173 Å². The SMILES string of the molecule is Cc1ccccc1N(c1cc2c(c3ccccc13)-c1cc3c(cc1C2(C)C)-c1c(ccc2ccccc12)C3(C)C)c1cccc2c1oc1ccccc12. The van der Waals surface area contributed by atoms with Crippen LogP contribution in [0, 0.1) is 6.92 Å². The van der Waals surface area contributed by atoms with E-state index in [2.05, 4.69) is 185 Å². The summed E-state index contributed by atoms with van der Waals surface area (Å²) in [6.45, 7) is 11.9. The summed E-state index contributed by atoms with van der Waals surface area (Å²) in [6, 6.07) is 53.8. The standard InChI is InChI=1S/C51H39NO/c1-30-15-6-12-22-43(30)52(44-23-14-21-36-34-19-11-13-24-46(34)53-49(36)44)45-29-42-48(35-20-10-9-18-33(35)45)38-28-40-37(27-41(38)51(42,4)5)47-32-17-8-7-16-31(32)25-26-39(47)50(40,2)3/h6-29H,1-5H3. The third-order valence-corrected chi connectivity index (χ3v) is 12.6. The molecule has 8 aromatic carbocycles. The number of nitrogens with zero attached hydrogens (tertiary/aromatic N) is 1. The summed E-state index contributed by atoms with van der Waals surface area (Å²) in [6.07, 6.45) is 0. The first-order chi connectivity index (χ1) is 25.7. The molecule has 0 unspecified atom stereocenters. The van der Waals surface area contributed by atoms with E-state index in [0.29, 0.717) is 0 Å². The summed E-state index contributed by atoms with van der Waals surface area (Å²) < 4.78 is 6.73. The molecule has 2 aliphatic carbocycles. The summed E-state index contributed by atoms with van der Waals surface area (Å²) in [4.78, 5) is 2.45. The molecule has 0 saturated carbocycles. The first-order valence-corrected chi connectivity index (χ1v) is 18.8. The molecule has 0 amide bonds. The zero-order valence-corrected chi connectivity index (χ0v) is 30.7. The molecular weight excluding hydrogens is 643 g/mol. The van der Waals surface area contributed by atoms with Crippen molar-refractivity contribution in [2.45, 2.75) is 45.4 Å². The molecular formula is C51H39NO. The quantitative estimate of drug-likeness (QED) is 0.185. The van der Waals surface area contributed by atoms with Gasteiger partial charge in [-0.2, -0.15) is 0 Å². The maximum atomic E-state index is 6.73. The molecule has 0 atom stereocenters. The molecule has 9 aromatic rings. The average molecular weight is 682 g/mol. The third kappa shape index (κ3) is 3.99. The molecule has 2 aliphatic rings. The maximum Gasteiger partial charge on any atom is 0.159 e. The van der Waals surface area contributed by atoms with E-state index in [4.69, 9.17) is 4.42 Å². The first-order valence-electron chi connectivity index (χ1n) is 18.8. The lowest BCUT2D eigenvalue weighted by Crippen LogP contribution is -2.18. The minimum Gasteiger partial charge on any atom is -0.454 e. The summed E-state index contributed by atoms with van der Waals surface area (Å²) in [5.74, 6) is 0. The highest BCUT2D eigenvalue weighted by Crippen LogP contribution is 2.60. The van der Waals surface area contributed by atoms with Gasteiger partial charge in [-0.15, -0.1) is 0 Å². The van der Waals surface area contributed by atoms with Crippen LogP contribution in [0.3, 0.4) is 0 Å². The first kappa shape index (κ1) is 30.5. The molecule has 0 fully saturated rings. The number of furan rings is 1. The lowest BCUT2D eigenvalue weighted by molar-refractivity contribution is 0.652. The zero-order valence-electron chi connectivity index (χ0n) is 30.7. The van der Waals surface area contributed by atoms with Gasteiger partial charge in [0.1, 0.15) is 5.58 Å². The molecule has 11 rings (SSSR count). The Morgan fingerprint density at radius 1 is 0.434 bits per heavy atom. The summed E-state index contributed by atoms with van der Waals surface area (Å²) in [7, 11) is 0. The minimum atomic E-state index is -0.237. The molecule has 2 heteroatoms. The van der Waals surface area contributed by atoms with E-state index >= 15 is 0 Å². The topological polar surface area (TPSA) is 16.4 Å². The number of aryl methyl sites for hydroxylation is 1. The normalized spacial score (nSPS) is 14.8. The Morgan fingerprint density at radius 3 is 1.79 bits per heavy atom. The van der Waals surface area contributed by atoms with Crippen LogP contribution in [-0.4, -0.2) is 0 Å². The molecule has 53 heavy (non-hydrogen) atoms. The van der Waals surface area contributed by atoms with E-state index in [9.17, 15) is 0 Å². The highest BCUT2D eigenvalue weighted by molar-refractivity contribution is 6.15. The fourth-order valence-corrected chi connectivity index (χ4v) is 9.86. The third-order valence-electron chi connectivity index (χ3n) is 12.6. The number of hydrogen-bond donors (Lipinski definition) is 0. The number of hydrogen-bond acceptors (Lipinski definition) is 2. The van der Waals surface area contributed by atoms with Gasteiger partial charge in [-0.05, 0) is 110 Å². The van der Waals surface area contributed by atoms with Crippen molar-refractivity contribution in [3.63, 3.8) is 0 Å². The Kier molecular flexibility index (Phi) is 6.03. The van der Waals surface area contributed by atoms with Gasteiger partial charge in [-0.3, -0.25) is 0 Å². The number of para-hydroxylation sites is 3. The van der Waals surface area contributed by atoms with Gasteiger partial charge in [-0.1, -0.05) is 137 Å². The van der Waals surface area contributed by atoms with Gasteiger partial charge in [0, 0.05) is 32.7 Å². The van der Waals surface area contributed by atoms with Crippen LogP contribution in [0.5, 0.6) is 0 Å². The molecule has 0 radical (unpaired) electrons. The number of anilines is 3. The summed E-state index contributed by atoms with van der Waals surface area (Å²) >= 11 is 0. The molecule has 0 N–H and O–H groups in total. The summed E-state index contributed by atoms with van der Waals surface area (Å²) in [5, 5.41) is 7.40. The molecule has 1 heterocycles. The van der Waals surface area contributed by atoms with Gasteiger partial charge in [0.2, 0.25) is 0 Å². The van der Waals surface area contributed by atoms with Gasteiger partial charge < -0.3 is 9.32 Å². The monoisotopic (exact) mass is 681 g/mol. The van der Waals surface area contributed by atoms with E-state index in [1.165, 1.54) is 71.6 Å². The molecule has 254 valence electrons. The number of rotatable bonds is 3. The van der Waals surface area contributed by atoms with Crippen LogP contribution in [0.1, 0.15) is 55.5 Å². The van der Waals surface area contributed by atoms with E-state index < -0.39 is 0 Å². The molecule has 0 saturated heterocycles. The lowest BCUT2D eigenvalue weighted by atomic mass is 9.79. The Hall–Kier alpha value is -6.12. The van der Waals surface area contributed by atoms with Crippen LogP contribution in [0.25, 0.3) is 65.7 Å². The smallest absolute Gasteiger partial charge is 0.159 e. The fourth-order valence-electron chi connectivity index (χ4n) is 9.86. The van der Waals surface area contributed by atoms with Crippen LogP contribution >= 0.6 is 0 Å². The second kappa shape index (κ2) is 10.5. The van der Waals surface area contributed by atoms with E-state index in [1.807, 2.05) is 0 Å². The van der Waals surface area contributed by atoms with Crippen LogP contribution in [0.2, 0.25) is 0 Å². The van der Waals surface area contributed by atoms with Gasteiger partial charge in [0.15, 0.2) is 5.58 Å². The molecule has 1 aromatic heterocycles. The van der Waals surface area contributed by atoms with Crippen molar-refractivity contribution in [2.24, 2.45) is 0 Å². The Balaban J connectivity index is 1.21. The predicted molar refractivity (Wildman–Crippen MR) is 223 cm³/mol. The molecule has 2 nitrogen and oxygen atoms in total. The van der Waals surface area contributed by atoms with Crippen molar-refractivity contribution in [2.75, 3.05) is 4.90 Å². The maximum absolute atomic E-state index is 6.73. The van der Waals surface area contributed by atoms with E-state index in [-0.39, 0.29) is 10.8 Å². The van der Waals surface area contributed by atoms with Crippen molar-refractivity contribution in [1.29, 1.82) is 0 Å². The van der Waals surface area contributed by atoms with Crippen molar-refractivity contribution < 1.29 is 4.42 Å². The minimum absolute atomic E-state index is 0.112. The zero-order chi connectivity index (χ0) is 35.8. The van der Waals surface area contributed by atoms with E-state index in [0.717, 1.165) is 39.0 Å². The van der Waals surface area contributed by atoms with Crippen molar-refractivity contribution in [1.82, 2.24) is 0 Å². The second-order valence-corrected chi connectivity index (χ2v) is 16.1. The van der Waals surface area contributed by atoms with Crippen molar-refractivity contribution in [3.8, 4) is 22.3 Å². The summed E-state index contributed by atoms with van der Waals surface area (Å²) in [5.41, 5.74) is 17.1. The number of benzene rings is 8. The Bertz CT molecular complexity index is 3030. The highest BCUT2D eigenvalue weighted by atomic mass is 16.3. The molecule has 0 bridgehead atoms. The second-order valence-electron chi connectivity index (χ2n) is 16.1. The van der Waals surface area contributed by atoms with Crippen molar-refractivity contribution >= 4 is 60.5 Å². The van der Waals surface area contributed by atoms with Crippen LogP contribution in [0.15, 0.2) is 150 Å². The van der Waals surface area contributed by atoms with Crippen LogP contribution < -0.4 is 4.90 Å².